The monoisotopic (exact) mass is 435 g/mol. The topological polar surface area (TPSA) is 97.4 Å². The molecule has 0 saturated heterocycles. The number of hydrogen-bond acceptors (Lipinski definition) is 6. The van der Waals surface area contributed by atoms with Gasteiger partial charge in [-0.05, 0) is 56.7 Å². The van der Waals surface area contributed by atoms with Gasteiger partial charge in [0.2, 0.25) is 10.0 Å². The van der Waals surface area contributed by atoms with Gasteiger partial charge in [-0.25, -0.2) is 18.1 Å². The van der Waals surface area contributed by atoms with Gasteiger partial charge in [-0.15, -0.1) is 11.3 Å². The van der Waals surface area contributed by atoms with E-state index in [9.17, 15) is 13.2 Å². The number of ether oxygens (including phenoxy) is 1. The van der Waals surface area contributed by atoms with Crippen molar-refractivity contribution in [1.82, 2.24) is 9.71 Å². The molecule has 1 fully saturated rings. The Bertz CT molecular complexity index is 987. The number of fused-ring (bicyclic) bond motifs is 1. The summed E-state index contributed by atoms with van der Waals surface area (Å²) in [5.74, 6) is -0.159. The molecule has 0 bridgehead atoms. The van der Waals surface area contributed by atoms with Gasteiger partial charge in [0.15, 0.2) is 5.13 Å². The molecule has 0 atom stereocenters. The van der Waals surface area contributed by atoms with Crippen LogP contribution in [0.1, 0.15) is 59.5 Å². The molecule has 2 N–H and O–H groups in total. The first-order valence-corrected chi connectivity index (χ1v) is 12.3. The number of benzene rings is 1. The van der Waals surface area contributed by atoms with Crippen LogP contribution in [0.2, 0.25) is 0 Å². The van der Waals surface area contributed by atoms with Crippen LogP contribution in [0.4, 0.5) is 5.13 Å². The minimum atomic E-state index is -3.79. The Morgan fingerprint density at radius 1 is 1.17 bits per heavy atom. The summed E-state index contributed by atoms with van der Waals surface area (Å²) in [6, 6.07) is 4.39. The first-order chi connectivity index (χ1) is 14.0. The Morgan fingerprint density at radius 3 is 2.66 bits per heavy atom. The first kappa shape index (κ1) is 20.3. The van der Waals surface area contributed by atoms with E-state index in [0.29, 0.717) is 5.13 Å². The second-order valence-electron chi connectivity index (χ2n) is 7.52. The van der Waals surface area contributed by atoms with Gasteiger partial charge in [0, 0.05) is 16.5 Å². The van der Waals surface area contributed by atoms with Crippen molar-refractivity contribution in [3.8, 4) is 5.75 Å². The average Bonchev–Trinajstić information content (AvgIpc) is 3.36. The number of amides is 1. The molecule has 0 radical (unpaired) electrons. The molecule has 2 aliphatic rings. The third-order valence-electron chi connectivity index (χ3n) is 5.46. The third kappa shape index (κ3) is 4.46. The van der Waals surface area contributed by atoms with Crippen molar-refractivity contribution in [3.63, 3.8) is 0 Å². The summed E-state index contributed by atoms with van der Waals surface area (Å²) in [5.41, 5.74) is 1.32. The molecule has 7 nitrogen and oxygen atoms in total. The van der Waals surface area contributed by atoms with Gasteiger partial charge < -0.3 is 4.74 Å². The molecule has 0 spiro atoms. The zero-order valence-corrected chi connectivity index (χ0v) is 18.0. The van der Waals surface area contributed by atoms with Gasteiger partial charge in [-0.3, -0.25) is 10.1 Å². The van der Waals surface area contributed by atoms with Gasteiger partial charge in [-0.1, -0.05) is 12.8 Å². The van der Waals surface area contributed by atoms with Crippen LogP contribution >= 0.6 is 11.3 Å². The molecule has 156 valence electrons. The van der Waals surface area contributed by atoms with Gasteiger partial charge >= 0.3 is 0 Å². The molecule has 2 aromatic rings. The van der Waals surface area contributed by atoms with Crippen molar-refractivity contribution in [1.29, 1.82) is 0 Å². The first-order valence-electron chi connectivity index (χ1n) is 9.96. The number of hydrogen-bond donors (Lipinski definition) is 2. The summed E-state index contributed by atoms with van der Waals surface area (Å²) >= 11 is 1.50. The maximum Gasteiger partial charge on any atom is 0.257 e. The number of carbonyl (C=O) groups excluding carboxylic acids is 1. The van der Waals surface area contributed by atoms with Crippen LogP contribution < -0.4 is 14.8 Å². The highest BCUT2D eigenvalue weighted by Crippen LogP contribution is 2.31. The predicted molar refractivity (Wildman–Crippen MR) is 112 cm³/mol. The molecule has 1 aromatic heterocycles. The van der Waals surface area contributed by atoms with Crippen LogP contribution in [-0.4, -0.2) is 32.5 Å². The molecule has 2 aliphatic carbocycles. The molecule has 1 saturated carbocycles. The molecule has 1 heterocycles. The van der Waals surface area contributed by atoms with Crippen molar-refractivity contribution in [2.75, 3.05) is 12.4 Å². The van der Waals surface area contributed by atoms with E-state index in [1.54, 1.807) is 6.07 Å². The maximum absolute atomic E-state index is 12.9. The summed E-state index contributed by atoms with van der Waals surface area (Å²) < 4.78 is 33.8. The Kier molecular flexibility index (Phi) is 5.89. The average molecular weight is 436 g/mol. The third-order valence-corrected chi connectivity index (χ3v) is 8.07. The van der Waals surface area contributed by atoms with E-state index in [-0.39, 0.29) is 28.2 Å². The van der Waals surface area contributed by atoms with Gasteiger partial charge in [0.1, 0.15) is 10.6 Å². The number of aromatic nitrogens is 1. The maximum atomic E-state index is 12.9. The standard InChI is InChI=1S/C20H25N3O4S2/c1-27-16-11-10-13(12-18(16)29(25,26)23-14-6-2-3-7-14)19(24)22-20-21-15-8-4-5-9-17(15)28-20/h10-12,14,23H,2-9H2,1H3,(H,21,22,24). The van der Waals surface area contributed by atoms with Gasteiger partial charge in [0.25, 0.3) is 5.91 Å². The lowest BCUT2D eigenvalue weighted by atomic mass is 10.0. The number of thiazole rings is 1. The molecule has 29 heavy (non-hydrogen) atoms. The molecular formula is C20H25N3O4S2. The normalized spacial score (nSPS) is 17.1. The largest absolute Gasteiger partial charge is 0.495 e. The van der Waals surface area contributed by atoms with Gasteiger partial charge in [0.05, 0.1) is 12.8 Å². The van der Waals surface area contributed by atoms with Crippen LogP contribution in [0.3, 0.4) is 0 Å². The lowest BCUT2D eigenvalue weighted by molar-refractivity contribution is 0.102. The molecular weight excluding hydrogens is 410 g/mol. The van der Waals surface area contributed by atoms with E-state index in [2.05, 4.69) is 15.0 Å². The molecule has 1 amide bonds. The Morgan fingerprint density at radius 2 is 1.93 bits per heavy atom. The highest BCUT2D eigenvalue weighted by Gasteiger charge is 2.27. The van der Waals surface area contributed by atoms with Crippen LogP contribution in [0.25, 0.3) is 0 Å². The summed E-state index contributed by atoms with van der Waals surface area (Å²) in [5, 5.41) is 3.38. The quantitative estimate of drug-likeness (QED) is 0.724. The number of rotatable bonds is 6. The smallest absolute Gasteiger partial charge is 0.257 e. The van der Waals surface area contributed by atoms with E-state index in [0.717, 1.165) is 57.1 Å². The number of anilines is 1. The van der Waals surface area contributed by atoms with E-state index in [1.165, 1.54) is 35.5 Å². The summed E-state index contributed by atoms with van der Waals surface area (Å²) in [7, 11) is -2.37. The highest BCUT2D eigenvalue weighted by molar-refractivity contribution is 7.89. The number of nitrogens with zero attached hydrogens (tertiary/aromatic N) is 1. The highest BCUT2D eigenvalue weighted by atomic mass is 32.2. The van der Waals surface area contributed by atoms with Crippen molar-refractivity contribution < 1.29 is 17.9 Å². The van der Waals surface area contributed by atoms with E-state index in [4.69, 9.17) is 4.74 Å². The van der Waals surface area contributed by atoms with E-state index >= 15 is 0 Å². The molecule has 9 heteroatoms. The Balaban J connectivity index is 1.56. The fourth-order valence-electron chi connectivity index (χ4n) is 3.93. The zero-order chi connectivity index (χ0) is 20.4. The van der Waals surface area contributed by atoms with Crippen molar-refractivity contribution >= 4 is 32.4 Å². The second kappa shape index (κ2) is 8.41. The lowest BCUT2D eigenvalue weighted by Crippen LogP contribution is -2.33. The van der Waals surface area contributed by atoms with E-state index in [1.807, 2.05) is 0 Å². The SMILES string of the molecule is COc1ccc(C(=O)Nc2nc3c(s2)CCCC3)cc1S(=O)(=O)NC1CCCC1. The Hall–Kier alpha value is -1.97. The predicted octanol–water partition coefficient (Wildman–Crippen LogP) is 3.50. The van der Waals surface area contributed by atoms with Crippen LogP contribution in [0.15, 0.2) is 23.1 Å². The lowest BCUT2D eigenvalue weighted by Gasteiger charge is -2.15. The summed E-state index contributed by atoms with van der Waals surface area (Å²) in [6.07, 6.45) is 7.91. The number of aryl methyl sites for hydroxylation is 2. The minimum Gasteiger partial charge on any atom is -0.495 e. The summed E-state index contributed by atoms with van der Waals surface area (Å²) in [6.45, 7) is 0. The zero-order valence-electron chi connectivity index (χ0n) is 16.4. The fourth-order valence-corrected chi connectivity index (χ4v) is 6.47. The number of methoxy groups -OCH3 is 1. The Labute approximate surface area is 174 Å². The van der Waals surface area contributed by atoms with Gasteiger partial charge in [-0.2, -0.15) is 0 Å². The molecule has 4 rings (SSSR count). The van der Waals surface area contributed by atoms with Crippen LogP contribution in [0.5, 0.6) is 5.75 Å². The van der Waals surface area contributed by atoms with Crippen molar-refractivity contribution in [2.45, 2.75) is 62.3 Å². The number of nitrogens with one attached hydrogen (secondary N) is 2. The van der Waals surface area contributed by atoms with Crippen LogP contribution in [-0.2, 0) is 22.9 Å². The van der Waals surface area contributed by atoms with Crippen LogP contribution in [0, 0.1) is 0 Å². The summed E-state index contributed by atoms with van der Waals surface area (Å²) in [4.78, 5) is 18.5. The van der Waals surface area contributed by atoms with E-state index < -0.39 is 10.0 Å². The fraction of sp³-hybridized carbons (Fsp3) is 0.500. The van der Waals surface area contributed by atoms with Crippen molar-refractivity contribution in [3.05, 3.63) is 34.3 Å². The minimum absolute atomic E-state index is 0.0158. The molecule has 1 aromatic carbocycles. The van der Waals surface area contributed by atoms with Crippen molar-refractivity contribution in [2.24, 2.45) is 0 Å². The molecule has 0 unspecified atom stereocenters. The second-order valence-corrected chi connectivity index (χ2v) is 10.3. The number of sulfonamides is 1. The molecule has 0 aliphatic heterocycles. The number of carbonyl (C=O) groups is 1.